The summed E-state index contributed by atoms with van der Waals surface area (Å²) in [5.41, 5.74) is 8.53. The van der Waals surface area contributed by atoms with Crippen LogP contribution in [0.15, 0.2) is 53.3 Å². The number of hydrogen-bond acceptors (Lipinski definition) is 7. The third kappa shape index (κ3) is 2.77. The van der Waals surface area contributed by atoms with E-state index in [1.54, 1.807) is 35.3 Å². The number of nitrogens with zero attached hydrogens (tertiary/aromatic N) is 4. The van der Waals surface area contributed by atoms with Gasteiger partial charge in [0.25, 0.3) is 0 Å². The van der Waals surface area contributed by atoms with E-state index in [4.69, 9.17) is 14.9 Å². The first-order valence-electron chi connectivity index (χ1n) is 7.86. The lowest BCUT2D eigenvalue weighted by Gasteiger charge is -2.06. The van der Waals surface area contributed by atoms with Gasteiger partial charge in [0.2, 0.25) is 5.95 Å². The van der Waals surface area contributed by atoms with Crippen molar-refractivity contribution in [1.29, 1.82) is 0 Å². The topological polar surface area (TPSA) is 109 Å². The van der Waals surface area contributed by atoms with Crippen LogP contribution in [0.3, 0.4) is 0 Å². The van der Waals surface area contributed by atoms with Crippen LogP contribution in [-0.4, -0.2) is 32.8 Å². The monoisotopic (exact) mass is 349 g/mol. The summed E-state index contributed by atoms with van der Waals surface area (Å²) in [4.78, 5) is 20.1. The number of carbonyl (C=O) groups is 1. The molecule has 3 aromatic heterocycles. The summed E-state index contributed by atoms with van der Waals surface area (Å²) in [5.74, 6) is 0.377. The molecular formula is C18H15N5O3. The number of hydrogen-bond donors (Lipinski definition) is 1. The normalized spacial score (nSPS) is 11.0. The molecule has 0 amide bonds. The summed E-state index contributed by atoms with van der Waals surface area (Å²) in [7, 11) is 1.35. The van der Waals surface area contributed by atoms with Crippen molar-refractivity contribution in [1.82, 2.24) is 19.7 Å². The summed E-state index contributed by atoms with van der Waals surface area (Å²) in [5, 5.41) is 5.15. The number of nitrogens with two attached hydrogens (primary N) is 1. The smallest absolute Gasteiger partial charge is 0.337 e. The van der Waals surface area contributed by atoms with Crippen molar-refractivity contribution in [2.45, 2.75) is 6.54 Å². The number of nitrogen functional groups attached to an aromatic ring is 1. The summed E-state index contributed by atoms with van der Waals surface area (Å²) in [6.07, 6.45) is 3.27. The van der Waals surface area contributed by atoms with E-state index >= 15 is 0 Å². The first kappa shape index (κ1) is 15.8. The molecule has 130 valence electrons. The summed E-state index contributed by atoms with van der Waals surface area (Å²) in [6.45, 7) is 0.471. The number of ether oxygens (including phenoxy) is 1. The van der Waals surface area contributed by atoms with Gasteiger partial charge in [-0.3, -0.25) is 0 Å². The molecule has 1 aromatic carbocycles. The van der Waals surface area contributed by atoms with E-state index < -0.39 is 0 Å². The zero-order chi connectivity index (χ0) is 18.1. The van der Waals surface area contributed by atoms with Gasteiger partial charge in [0.1, 0.15) is 5.69 Å². The Labute approximate surface area is 148 Å². The van der Waals surface area contributed by atoms with Gasteiger partial charge < -0.3 is 14.9 Å². The van der Waals surface area contributed by atoms with E-state index in [-0.39, 0.29) is 11.9 Å². The third-order valence-electron chi connectivity index (χ3n) is 3.98. The van der Waals surface area contributed by atoms with E-state index in [9.17, 15) is 4.79 Å². The standard InChI is InChI=1S/C18H15N5O3/c1-25-17(24)12-6-4-11(5-7-12)10-23-16-13(9-20-23)15(21-18(19)22-16)14-3-2-8-26-14/h2-9H,10H2,1H3,(H2,19,21,22). The number of furan rings is 1. The zero-order valence-electron chi connectivity index (χ0n) is 13.9. The van der Waals surface area contributed by atoms with Crippen molar-refractivity contribution < 1.29 is 13.9 Å². The number of benzene rings is 1. The highest BCUT2D eigenvalue weighted by Crippen LogP contribution is 2.27. The van der Waals surface area contributed by atoms with Gasteiger partial charge in [0.05, 0.1) is 37.1 Å². The molecule has 0 spiro atoms. The Kier molecular flexibility index (Phi) is 3.85. The van der Waals surface area contributed by atoms with Crippen LogP contribution in [0.1, 0.15) is 15.9 Å². The lowest BCUT2D eigenvalue weighted by Crippen LogP contribution is -2.06. The molecule has 8 nitrogen and oxygen atoms in total. The number of methoxy groups -OCH3 is 1. The van der Waals surface area contributed by atoms with Crippen LogP contribution in [0.4, 0.5) is 5.95 Å². The Bertz CT molecular complexity index is 1070. The van der Waals surface area contributed by atoms with Crippen molar-refractivity contribution in [3.8, 4) is 11.5 Å². The van der Waals surface area contributed by atoms with Crippen LogP contribution < -0.4 is 5.73 Å². The van der Waals surface area contributed by atoms with Gasteiger partial charge in [0, 0.05) is 0 Å². The minimum atomic E-state index is -0.371. The lowest BCUT2D eigenvalue weighted by atomic mass is 10.1. The van der Waals surface area contributed by atoms with Gasteiger partial charge in [0.15, 0.2) is 11.4 Å². The van der Waals surface area contributed by atoms with Gasteiger partial charge in [-0.1, -0.05) is 12.1 Å². The first-order chi connectivity index (χ1) is 12.7. The maximum Gasteiger partial charge on any atom is 0.337 e. The molecule has 3 heterocycles. The van der Waals surface area contributed by atoms with Gasteiger partial charge in [-0.15, -0.1) is 0 Å². The average Bonchev–Trinajstić information content (AvgIpc) is 3.32. The Balaban J connectivity index is 1.71. The zero-order valence-corrected chi connectivity index (χ0v) is 13.9. The second kappa shape index (κ2) is 6.32. The maximum atomic E-state index is 11.5. The molecule has 2 N–H and O–H groups in total. The lowest BCUT2D eigenvalue weighted by molar-refractivity contribution is 0.0600. The van der Waals surface area contributed by atoms with Crippen LogP contribution in [-0.2, 0) is 11.3 Å². The van der Waals surface area contributed by atoms with Gasteiger partial charge in [-0.2, -0.15) is 10.1 Å². The predicted octanol–water partition coefficient (Wildman–Crippen LogP) is 2.50. The van der Waals surface area contributed by atoms with Crippen molar-refractivity contribution in [2.75, 3.05) is 12.8 Å². The number of aromatic nitrogens is 4. The SMILES string of the molecule is COC(=O)c1ccc(Cn2ncc3c(-c4ccco4)nc(N)nc32)cc1. The van der Waals surface area contributed by atoms with E-state index in [2.05, 4.69) is 15.1 Å². The van der Waals surface area contributed by atoms with Crippen molar-refractivity contribution >= 4 is 23.0 Å². The fraction of sp³-hybridized carbons (Fsp3) is 0.111. The largest absolute Gasteiger partial charge is 0.465 e. The Morgan fingerprint density at radius 3 is 2.73 bits per heavy atom. The fourth-order valence-corrected chi connectivity index (χ4v) is 2.73. The number of rotatable bonds is 4. The molecule has 8 heteroatoms. The minimum Gasteiger partial charge on any atom is -0.465 e. The first-order valence-corrected chi connectivity index (χ1v) is 7.86. The maximum absolute atomic E-state index is 11.5. The molecule has 0 aliphatic carbocycles. The quantitative estimate of drug-likeness (QED) is 0.564. The highest BCUT2D eigenvalue weighted by molar-refractivity contribution is 5.90. The molecular weight excluding hydrogens is 334 g/mol. The summed E-state index contributed by atoms with van der Waals surface area (Å²) in [6, 6.07) is 10.7. The number of anilines is 1. The summed E-state index contributed by atoms with van der Waals surface area (Å²) < 4.78 is 11.9. The van der Waals surface area contributed by atoms with Gasteiger partial charge in [-0.25, -0.2) is 14.5 Å². The molecule has 0 unspecified atom stereocenters. The Hall–Kier alpha value is -3.68. The number of fused-ring (bicyclic) bond motifs is 1. The van der Waals surface area contributed by atoms with Crippen LogP contribution in [0.25, 0.3) is 22.5 Å². The summed E-state index contributed by atoms with van der Waals surface area (Å²) >= 11 is 0. The van der Waals surface area contributed by atoms with E-state index in [1.807, 2.05) is 18.2 Å². The van der Waals surface area contributed by atoms with E-state index in [0.29, 0.717) is 29.2 Å². The fourth-order valence-electron chi connectivity index (χ4n) is 2.73. The highest BCUT2D eigenvalue weighted by atomic mass is 16.5. The Morgan fingerprint density at radius 2 is 2.04 bits per heavy atom. The molecule has 0 aliphatic heterocycles. The van der Waals surface area contributed by atoms with Crippen LogP contribution in [0.2, 0.25) is 0 Å². The van der Waals surface area contributed by atoms with E-state index in [1.165, 1.54) is 7.11 Å². The Morgan fingerprint density at radius 1 is 1.23 bits per heavy atom. The molecule has 0 saturated heterocycles. The highest BCUT2D eigenvalue weighted by Gasteiger charge is 2.15. The molecule has 0 saturated carbocycles. The molecule has 26 heavy (non-hydrogen) atoms. The number of carbonyl (C=O) groups excluding carboxylic acids is 1. The van der Waals surface area contributed by atoms with Crippen LogP contribution in [0, 0.1) is 0 Å². The second-order valence-corrected chi connectivity index (χ2v) is 5.64. The molecule has 0 radical (unpaired) electrons. The van der Waals surface area contributed by atoms with Gasteiger partial charge >= 0.3 is 5.97 Å². The second-order valence-electron chi connectivity index (χ2n) is 5.64. The van der Waals surface area contributed by atoms with Crippen LogP contribution in [0.5, 0.6) is 0 Å². The van der Waals surface area contributed by atoms with Crippen LogP contribution >= 0.6 is 0 Å². The van der Waals surface area contributed by atoms with Gasteiger partial charge in [-0.05, 0) is 29.8 Å². The third-order valence-corrected chi connectivity index (χ3v) is 3.98. The molecule has 4 rings (SSSR count). The van der Waals surface area contributed by atoms with Crippen molar-refractivity contribution in [2.24, 2.45) is 0 Å². The van der Waals surface area contributed by atoms with E-state index in [0.717, 1.165) is 10.9 Å². The molecule has 0 aliphatic rings. The predicted molar refractivity (Wildman–Crippen MR) is 94.3 cm³/mol. The molecule has 0 bridgehead atoms. The molecule has 0 fully saturated rings. The number of esters is 1. The molecule has 0 atom stereocenters. The molecule has 4 aromatic rings. The van der Waals surface area contributed by atoms with Crippen molar-refractivity contribution in [3.63, 3.8) is 0 Å². The van der Waals surface area contributed by atoms with Crippen molar-refractivity contribution in [3.05, 3.63) is 60.0 Å². The minimum absolute atomic E-state index is 0.145. The average molecular weight is 349 g/mol.